The van der Waals surface area contributed by atoms with Crippen molar-refractivity contribution in [3.63, 3.8) is 0 Å². The van der Waals surface area contributed by atoms with Crippen LogP contribution in [0.2, 0.25) is 0 Å². The van der Waals surface area contributed by atoms with E-state index in [1.165, 1.54) is 14.7 Å². The first-order valence-corrected chi connectivity index (χ1v) is 8.22. The molecule has 2 aromatic carbocycles. The standard InChI is InChI=1S/C18H20INO/c1-15(21)11-12-20(13-16-7-3-2-4-8-16)14-17-9-5-6-10-18(17)19/h2-10H,11-14H2,1H3. The van der Waals surface area contributed by atoms with E-state index in [4.69, 9.17) is 0 Å². The number of carbonyl (C=O) groups excluding carboxylic acids is 1. The second-order valence-corrected chi connectivity index (χ2v) is 6.40. The van der Waals surface area contributed by atoms with Gasteiger partial charge in [0, 0.05) is 29.6 Å². The molecule has 0 N–H and O–H groups in total. The summed E-state index contributed by atoms with van der Waals surface area (Å²) in [7, 11) is 0. The van der Waals surface area contributed by atoms with Gasteiger partial charge in [0.1, 0.15) is 5.78 Å². The van der Waals surface area contributed by atoms with Crippen molar-refractivity contribution in [3.05, 3.63) is 69.3 Å². The van der Waals surface area contributed by atoms with Crippen molar-refractivity contribution in [3.8, 4) is 0 Å². The third-order valence-electron chi connectivity index (χ3n) is 3.38. The molecule has 0 saturated carbocycles. The van der Waals surface area contributed by atoms with E-state index in [2.05, 4.69) is 76.0 Å². The SMILES string of the molecule is CC(=O)CCN(Cc1ccccc1)Cc1ccccc1I. The quantitative estimate of drug-likeness (QED) is 0.655. The summed E-state index contributed by atoms with van der Waals surface area (Å²) in [4.78, 5) is 13.6. The highest BCUT2D eigenvalue weighted by Crippen LogP contribution is 2.16. The topological polar surface area (TPSA) is 20.3 Å². The first kappa shape index (κ1) is 16.2. The maximum absolute atomic E-state index is 11.3. The Morgan fingerprint density at radius 2 is 1.67 bits per heavy atom. The Kier molecular flexibility index (Phi) is 6.39. The van der Waals surface area contributed by atoms with Gasteiger partial charge in [-0.05, 0) is 46.7 Å². The van der Waals surface area contributed by atoms with Crippen LogP contribution < -0.4 is 0 Å². The second-order valence-electron chi connectivity index (χ2n) is 5.24. The summed E-state index contributed by atoms with van der Waals surface area (Å²) in [5.74, 6) is 0.246. The number of rotatable bonds is 7. The molecule has 0 aliphatic carbocycles. The minimum Gasteiger partial charge on any atom is -0.300 e. The summed E-state index contributed by atoms with van der Waals surface area (Å²) < 4.78 is 1.27. The molecule has 0 aliphatic heterocycles. The highest BCUT2D eigenvalue weighted by Gasteiger charge is 2.10. The summed E-state index contributed by atoms with van der Waals surface area (Å²) in [5, 5.41) is 0. The molecule has 0 spiro atoms. The Morgan fingerprint density at radius 3 is 2.33 bits per heavy atom. The second kappa shape index (κ2) is 8.29. The number of hydrogen-bond acceptors (Lipinski definition) is 2. The Balaban J connectivity index is 2.08. The molecule has 0 atom stereocenters. The number of ketones is 1. The first-order chi connectivity index (χ1) is 10.1. The van der Waals surface area contributed by atoms with E-state index in [1.807, 2.05) is 6.07 Å². The molecule has 0 saturated heterocycles. The number of carbonyl (C=O) groups is 1. The maximum Gasteiger partial charge on any atom is 0.131 e. The van der Waals surface area contributed by atoms with Gasteiger partial charge in [-0.1, -0.05) is 48.5 Å². The zero-order valence-electron chi connectivity index (χ0n) is 12.3. The number of halogens is 1. The van der Waals surface area contributed by atoms with Crippen LogP contribution in [-0.4, -0.2) is 17.2 Å². The molecule has 21 heavy (non-hydrogen) atoms. The van der Waals surface area contributed by atoms with Crippen LogP contribution in [0.25, 0.3) is 0 Å². The molecule has 0 bridgehead atoms. The van der Waals surface area contributed by atoms with Crippen LogP contribution in [-0.2, 0) is 17.9 Å². The molecule has 2 aromatic rings. The molecule has 0 aliphatic rings. The van der Waals surface area contributed by atoms with Gasteiger partial charge in [0.15, 0.2) is 0 Å². The largest absolute Gasteiger partial charge is 0.300 e. The zero-order valence-corrected chi connectivity index (χ0v) is 14.4. The van der Waals surface area contributed by atoms with Crippen molar-refractivity contribution >= 4 is 28.4 Å². The van der Waals surface area contributed by atoms with E-state index in [1.54, 1.807) is 6.92 Å². The molecule has 110 valence electrons. The first-order valence-electron chi connectivity index (χ1n) is 7.14. The highest BCUT2D eigenvalue weighted by molar-refractivity contribution is 14.1. The van der Waals surface area contributed by atoms with Crippen molar-refractivity contribution in [2.24, 2.45) is 0 Å². The van der Waals surface area contributed by atoms with Gasteiger partial charge in [-0.25, -0.2) is 0 Å². The van der Waals surface area contributed by atoms with E-state index < -0.39 is 0 Å². The van der Waals surface area contributed by atoms with Gasteiger partial charge in [-0.15, -0.1) is 0 Å². The predicted octanol–water partition coefficient (Wildman–Crippen LogP) is 4.27. The molecule has 0 fully saturated rings. The molecule has 0 aromatic heterocycles. The molecular weight excluding hydrogens is 373 g/mol. The highest BCUT2D eigenvalue weighted by atomic mass is 127. The molecule has 2 rings (SSSR count). The predicted molar refractivity (Wildman–Crippen MR) is 95.0 cm³/mol. The van der Waals surface area contributed by atoms with Crippen molar-refractivity contribution in [1.82, 2.24) is 4.90 Å². The molecule has 0 amide bonds. The average molecular weight is 393 g/mol. The summed E-state index contributed by atoms with van der Waals surface area (Å²) >= 11 is 2.37. The Hall–Kier alpha value is -1.20. The van der Waals surface area contributed by atoms with Crippen molar-refractivity contribution in [2.75, 3.05) is 6.54 Å². The van der Waals surface area contributed by atoms with Crippen LogP contribution >= 0.6 is 22.6 Å². The van der Waals surface area contributed by atoms with Crippen LogP contribution in [0.4, 0.5) is 0 Å². The van der Waals surface area contributed by atoms with Gasteiger partial charge in [0.2, 0.25) is 0 Å². The van der Waals surface area contributed by atoms with Crippen molar-refractivity contribution < 1.29 is 4.79 Å². The van der Waals surface area contributed by atoms with Crippen molar-refractivity contribution in [1.29, 1.82) is 0 Å². The van der Waals surface area contributed by atoms with E-state index in [9.17, 15) is 4.79 Å². The molecule has 0 radical (unpaired) electrons. The lowest BCUT2D eigenvalue weighted by Gasteiger charge is -2.22. The van der Waals surface area contributed by atoms with E-state index in [-0.39, 0.29) is 5.78 Å². The smallest absolute Gasteiger partial charge is 0.131 e. The molecule has 3 heteroatoms. The van der Waals surface area contributed by atoms with Gasteiger partial charge in [-0.2, -0.15) is 0 Å². The third-order valence-corrected chi connectivity index (χ3v) is 4.43. The van der Waals surface area contributed by atoms with Gasteiger partial charge < -0.3 is 0 Å². The van der Waals surface area contributed by atoms with Crippen LogP contribution in [0.1, 0.15) is 24.5 Å². The molecule has 2 nitrogen and oxygen atoms in total. The van der Waals surface area contributed by atoms with E-state index >= 15 is 0 Å². The number of Topliss-reactive ketones (excluding diaryl/α,β-unsaturated/α-hetero) is 1. The average Bonchev–Trinajstić information content (AvgIpc) is 2.48. The third kappa shape index (κ3) is 5.59. The maximum atomic E-state index is 11.3. The Labute approximate surface area is 140 Å². The fraction of sp³-hybridized carbons (Fsp3) is 0.278. The lowest BCUT2D eigenvalue weighted by molar-refractivity contribution is -0.117. The Bertz CT molecular complexity index is 583. The zero-order chi connectivity index (χ0) is 15.1. The van der Waals surface area contributed by atoms with Gasteiger partial charge in [0.05, 0.1) is 0 Å². The monoisotopic (exact) mass is 393 g/mol. The van der Waals surface area contributed by atoms with Crippen LogP contribution in [0.5, 0.6) is 0 Å². The summed E-state index contributed by atoms with van der Waals surface area (Å²) in [6.07, 6.45) is 0.607. The lowest BCUT2D eigenvalue weighted by atomic mass is 10.1. The van der Waals surface area contributed by atoms with Gasteiger partial charge >= 0.3 is 0 Å². The van der Waals surface area contributed by atoms with E-state index in [0.29, 0.717) is 6.42 Å². The summed E-state index contributed by atoms with van der Waals surface area (Å²) in [6, 6.07) is 18.8. The summed E-state index contributed by atoms with van der Waals surface area (Å²) in [5.41, 5.74) is 2.60. The lowest BCUT2D eigenvalue weighted by Crippen LogP contribution is -2.25. The van der Waals surface area contributed by atoms with Crippen LogP contribution in [0.15, 0.2) is 54.6 Å². The Morgan fingerprint density at radius 1 is 1.00 bits per heavy atom. The van der Waals surface area contributed by atoms with Gasteiger partial charge in [0.25, 0.3) is 0 Å². The number of benzene rings is 2. The van der Waals surface area contributed by atoms with Gasteiger partial charge in [-0.3, -0.25) is 9.69 Å². The molecule has 0 unspecified atom stereocenters. The summed E-state index contributed by atoms with van der Waals surface area (Å²) in [6.45, 7) is 4.21. The molecular formula is C18H20INO. The fourth-order valence-electron chi connectivity index (χ4n) is 2.24. The normalized spacial score (nSPS) is 10.8. The number of hydrogen-bond donors (Lipinski definition) is 0. The number of nitrogens with zero attached hydrogens (tertiary/aromatic N) is 1. The minimum absolute atomic E-state index is 0.246. The van der Waals surface area contributed by atoms with Crippen LogP contribution in [0.3, 0.4) is 0 Å². The minimum atomic E-state index is 0.246. The van der Waals surface area contributed by atoms with Crippen molar-refractivity contribution in [2.45, 2.75) is 26.4 Å². The van der Waals surface area contributed by atoms with E-state index in [0.717, 1.165) is 19.6 Å². The molecule has 0 heterocycles. The fourth-order valence-corrected chi connectivity index (χ4v) is 2.80. The van der Waals surface area contributed by atoms with Crippen LogP contribution in [0, 0.1) is 3.57 Å².